The molecule has 2 aromatic carbocycles. The summed E-state index contributed by atoms with van der Waals surface area (Å²) in [6.45, 7) is 5.43. The summed E-state index contributed by atoms with van der Waals surface area (Å²) in [4.78, 5) is 26.5. The first kappa shape index (κ1) is 19.0. The summed E-state index contributed by atoms with van der Waals surface area (Å²) in [5, 5.41) is 5.40. The van der Waals surface area contributed by atoms with Crippen molar-refractivity contribution in [1.82, 2.24) is 5.32 Å². The monoisotopic (exact) mass is 365 g/mol. The van der Waals surface area contributed by atoms with Crippen LogP contribution in [0.1, 0.15) is 28.7 Å². The molecule has 3 rings (SSSR count). The van der Waals surface area contributed by atoms with Gasteiger partial charge in [0, 0.05) is 31.5 Å². The Hall–Kier alpha value is -2.82. The molecule has 2 N–H and O–H groups in total. The molecule has 0 aliphatic carbocycles. The zero-order valence-electron chi connectivity index (χ0n) is 16.3. The molecule has 1 aliphatic rings. The number of carbonyl (C=O) groups excluding carboxylic acids is 2. The Kier molecular flexibility index (Phi) is 5.79. The van der Waals surface area contributed by atoms with Crippen molar-refractivity contribution in [2.75, 3.05) is 30.4 Å². The highest BCUT2D eigenvalue weighted by molar-refractivity contribution is 6.39. The maximum absolute atomic E-state index is 12.1. The van der Waals surface area contributed by atoms with Crippen LogP contribution in [0.5, 0.6) is 0 Å². The number of rotatable bonds is 4. The van der Waals surface area contributed by atoms with Crippen molar-refractivity contribution < 1.29 is 9.59 Å². The predicted molar refractivity (Wildman–Crippen MR) is 109 cm³/mol. The number of carbonyl (C=O) groups is 2. The van der Waals surface area contributed by atoms with Gasteiger partial charge >= 0.3 is 11.8 Å². The van der Waals surface area contributed by atoms with E-state index in [1.807, 2.05) is 26.0 Å². The first-order valence-corrected chi connectivity index (χ1v) is 9.44. The average Bonchev–Trinajstić information content (AvgIpc) is 2.65. The second kappa shape index (κ2) is 8.25. The van der Waals surface area contributed by atoms with Gasteiger partial charge in [0.25, 0.3) is 0 Å². The molecule has 0 saturated carbocycles. The molecule has 0 saturated heterocycles. The molecule has 0 bridgehead atoms. The third-order valence-corrected chi connectivity index (χ3v) is 5.25. The zero-order chi connectivity index (χ0) is 19.4. The van der Waals surface area contributed by atoms with Gasteiger partial charge in [0.15, 0.2) is 0 Å². The fourth-order valence-electron chi connectivity index (χ4n) is 3.46. The molecular formula is C22H27N3O2. The van der Waals surface area contributed by atoms with Crippen LogP contribution in [-0.4, -0.2) is 32.0 Å². The fourth-order valence-corrected chi connectivity index (χ4v) is 3.46. The second-order valence-electron chi connectivity index (χ2n) is 7.20. The normalized spacial score (nSPS) is 13.1. The summed E-state index contributed by atoms with van der Waals surface area (Å²) in [6.07, 6.45) is 2.97. The topological polar surface area (TPSA) is 61.4 Å². The molecule has 0 unspecified atom stereocenters. The molecular weight excluding hydrogens is 338 g/mol. The van der Waals surface area contributed by atoms with E-state index >= 15 is 0 Å². The smallest absolute Gasteiger partial charge is 0.313 e. The van der Waals surface area contributed by atoms with Crippen molar-refractivity contribution >= 4 is 23.2 Å². The highest BCUT2D eigenvalue weighted by atomic mass is 16.2. The number of anilines is 2. The lowest BCUT2D eigenvalue weighted by atomic mass is 9.98. The minimum atomic E-state index is -0.629. The van der Waals surface area contributed by atoms with Crippen LogP contribution in [0.2, 0.25) is 0 Å². The molecule has 5 nitrogen and oxygen atoms in total. The van der Waals surface area contributed by atoms with Crippen LogP contribution < -0.4 is 15.5 Å². The van der Waals surface area contributed by atoms with Crippen LogP contribution >= 0.6 is 0 Å². The number of nitrogens with zero attached hydrogens (tertiary/aromatic N) is 1. The van der Waals surface area contributed by atoms with Gasteiger partial charge in [-0.1, -0.05) is 24.3 Å². The van der Waals surface area contributed by atoms with E-state index in [9.17, 15) is 9.59 Å². The number of hydrogen-bond acceptors (Lipinski definition) is 3. The molecule has 27 heavy (non-hydrogen) atoms. The fraction of sp³-hybridized carbons (Fsp3) is 0.364. The molecule has 2 aromatic rings. The minimum absolute atomic E-state index is 0.438. The number of benzene rings is 2. The number of hydrogen-bond donors (Lipinski definition) is 2. The first-order valence-electron chi connectivity index (χ1n) is 9.44. The summed E-state index contributed by atoms with van der Waals surface area (Å²) in [7, 11) is 2.12. The predicted octanol–water partition coefficient (Wildman–Crippen LogP) is 2.98. The van der Waals surface area contributed by atoms with E-state index in [1.54, 1.807) is 6.07 Å². The van der Waals surface area contributed by atoms with E-state index in [2.05, 4.69) is 40.8 Å². The van der Waals surface area contributed by atoms with Crippen LogP contribution in [0.25, 0.3) is 0 Å². The van der Waals surface area contributed by atoms with Gasteiger partial charge in [-0.2, -0.15) is 0 Å². The van der Waals surface area contributed by atoms with Crippen molar-refractivity contribution in [3.63, 3.8) is 0 Å². The van der Waals surface area contributed by atoms with Crippen LogP contribution in [0.15, 0.2) is 36.4 Å². The summed E-state index contributed by atoms with van der Waals surface area (Å²) in [6, 6.07) is 12.1. The Balaban J connectivity index is 1.52. The van der Waals surface area contributed by atoms with Gasteiger partial charge in [0.05, 0.1) is 0 Å². The summed E-state index contributed by atoms with van der Waals surface area (Å²) >= 11 is 0. The Morgan fingerprint density at radius 2 is 1.93 bits per heavy atom. The Morgan fingerprint density at radius 3 is 2.74 bits per heavy atom. The Bertz CT molecular complexity index is 861. The van der Waals surface area contributed by atoms with E-state index in [4.69, 9.17) is 0 Å². The number of nitrogens with one attached hydrogen (secondary N) is 2. The van der Waals surface area contributed by atoms with Gasteiger partial charge in [0.1, 0.15) is 0 Å². The van der Waals surface area contributed by atoms with Crippen molar-refractivity contribution in [1.29, 1.82) is 0 Å². The maximum Gasteiger partial charge on any atom is 0.313 e. The largest absolute Gasteiger partial charge is 0.374 e. The minimum Gasteiger partial charge on any atom is -0.374 e. The van der Waals surface area contributed by atoms with E-state index in [1.165, 1.54) is 23.2 Å². The molecule has 2 amide bonds. The quantitative estimate of drug-likeness (QED) is 0.819. The highest BCUT2D eigenvalue weighted by Crippen LogP contribution is 2.26. The zero-order valence-corrected chi connectivity index (χ0v) is 16.3. The van der Waals surface area contributed by atoms with Crippen molar-refractivity contribution in [2.45, 2.75) is 33.1 Å². The molecule has 0 radical (unpaired) electrons. The maximum atomic E-state index is 12.1. The van der Waals surface area contributed by atoms with Gasteiger partial charge < -0.3 is 15.5 Å². The third-order valence-electron chi connectivity index (χ3n) is 5.25. The second-order valence-corrected chi connectivity index (χ2v) is 7.20. The van der Waals surface area contributed by atoms with Gasteiger partial charge in [0.2, 0.25) is 0 Å². The van der Waals surface area contributed by atoms with E-state index in [0.29, 0.717) is 18.7 Å². The number of amides is 2. The van der Waals surface area contributed by atoms with Crippen LogP contribution in [0, 0.1) is 13.8 Å². The molecule has 142 valence electrons. The van der Waals surface area contributed by atoms with Crippen LogP contribution in [0.3, 0.4) is 0 Å². The number of aryl methyl sites for hydroxylation is 2. The Labute approximate surface area is 160 Å². The molecule has 1 aliphatic heterocycles. The lowest BCUT2D eigenvalue weighted by molar-refractivity contribution is -0.136. The molecule has 5 heteroatoms. The van der Waals surface area contributed by atoms with E-state index in [0.717, 1.165) is 24.1 Å². The average molecular weight is 365 g/mol. The SMILES string of the molecule is Cc1cccc(NC(=O)C(=O)NCCc2ccc3c(c2)CCCN3C)c1C. The van der Waals surface area contributed by atoms with Gasteiger partial charge in [-0.25, -0.2) is 0 Å². The first-order chi connectivity index (χ1) is 13.0. The van der Waals surface area contributed by atoms with Gasteiger partial charge in [-0.05, 0) is 67.5 Å². The standard InChI is InChI=1S/C22H27N3O2/c1-15-6-4-8-19(16(15)2)24-22(27)21(26)23-12-11-17-9-10-20-18(14-17)7-5-13-25(20)3/h4,6,8-10,14H,5,7,11-13H2,1-3H3,(H,23,26)(H,24,27). The van der Waals surface area contributed by atoms with E-state index < -0.39 is 11.8 Å². The summed E-state index contributed by atoms with van der Waals surface area (Å²) in [5.74, 6) is -1.23. The molecule has 0 aromatic heterocycles. The molecule has 1 heterocycles. The van der Waals surface area contributed by atoms with Gasteiger partial charge in [-0.15, -0.1) is 0 Å². The highest BCUT2D eigenvalue weighted by Gasteiger charge is 2.16. The summed E-state index contributed by atoms with van der Waals surface area (Å²) in [5.41, 5.74) is 6.55. The molecule has 0 spiro atoms. The van der Waals surface area contributed by atoms with Crippen molar-refractivity contribution in [2.24, 2.45) is 0 Å². The van der Waals surface area contributed by atoms with Crippen molar-refractivity contribution in [3.05, 3.63) is 58.7 Å². The van der Waals surface area contributed by atoms with Gasteiger partial charge in [-0.3, -0.25) is 9.59 Å². The van der Waals surface area contributed by atoms with E-state index in [-0.39, 0.29) is 0 Å². The lowest BCUT2D eigenvalue weighted by Gasteiger charge is -2.27. The Morgan fingerprint density at radius 1 is 1.11 bits per heavy atom. The molecule has 0 atom stereocenters. The summed E-state index contributed by atoms with van der Waals surface area (Å²) < 4.78 is 0. The third kappa shape index (κ3) is 4.48. The van der Waals surface area contributed by atoms with Crippen LogP contribution in [-0.2, 0) is 22.4 Å². The lowest BCUT2D eigenvalue weighted by Crippen LogP contribution is -2.36. The van der Waals surface area contributed by atoms with Crippen molar-refractivity contribution in [3.8, 4) is 0 Å². The number of fused-ring (bicyclic) bond motifs is 1. The molecule has 0 fully saturated rings. The van der Waals surface area contributed by atoms with Crippen LogP contribution in [0.4, 0.5) is 11.4 Å².